The van der Waals surface area contributed by atoms with Gasteiger partial charge in [0.05, 0.1) is 18.9 Å². The molecular formula is C25H29N5O5. The Balaban J connectivity index is 1.52. The molecule has 1 fully saturated rings. The van der Waals surface area contributed by atoms with Crippen LogP contribution in [0.15, 0.2) is 42.5 Å². The van der Waals surface area contributed by atoms with Crippen molar-refractivity contribution in [3.63, 3.8) is 0 Å². The van der Waals surface area contributed by atoms with Gasteiger partial charge in [0.1, 0.15) is 6.29 Å². The van der Waals surface area contributed by atoms with Crippen molar-refractivity contribution in [1.29, 1.82) is 0 Å². The minimum Gasteiger partial charge on any atom is -0.355 e. The third kappa shape index (κ3) is 6.66. The lowest BCUT2D eigenvalue weighted by Gasteiger charge is -2.16. The molecule has 0 aromatic heterocycles. The number of rotatable bonds is 8. The van der Waals surface area contributed by atoms with Crippen molar-refractivity contribution in [2.75, 3.05) is 37.3 Å². The van der Waals surface area contributed by atoms with Gasteiger partial charge in [0, 0.05) is 37.1 Å². The van der Waals surface area contributed by atoms with E-state index in [1.165, 1.54) is 0 Å². The molecule has 10 heteroatoms. The van der Waals surface area contributed by atoms with Crippen molar-refractivity contribution in [2.45, 2.75) is 19.8 Å². The minimum atomic E-state index is -0.457. The number of amides is 5. The summed E-state index contributed by atoms with van der Waals surface area (Å²) in [5.41, 5.74) is 2.98. The summed E-state index contributed by atoms with van der Waals surface area (Å²) in [5, 5.41) is 10.6. The zero-order valence-corrected chi connectivity index (χ0v) is 19.7. The fraction of sp³-hybridized carbons (Fsp3) is 0.320. The van der Waals surface area contributed by atoms with E-state index < -0.39 is 6.03 Å². The maximum Gasteiger partial charge on any atom is 0.323 e. The molecule has 1 aliphatic heterocycles. The van der Waals surface area contributed by atoms with Crippen LogP contribution in [-0.2, 0) is 20.8 Å². The normalized spacial score (nSPS) is 14.7. The second kappa shape index (κ2) is 11.8. The summed E-state index contributed by atoms with van der Waals surface area (Å²) < 4.78 is 0. The van der Waals surface area contributed by atoms with Gasteiger partial charge < -0.3 is 31.0 Å². The van der Waals surface area contributed by atoms with Crippen LogP contribution in [0.5, 0.6) is 0 Å². The molecule has 0 unspecified atom stereocenters. The Bertz CT molecular complexity index is 1120. The number of nitrogens with one attached hydrogen (secondary N) is 4. The van der Waals surface area contributed by atoms with Gasteiger partial charge in [-0.25, -0.2) is 4.79 Å². The maximum absolute atomic E-state index is 12.6. The van der Waals surface area contributed by atoms with Gasteiger partial charge >= 0.3 is 6.03 Å². The summed E-state index contributed by atoms with van der Waals surface area (Å²) in [4.78, 5) is 61.0. The number of aldehydes is 1. The average molecular weight is 480 g/mol. The van der Waals surface area contributed by atoms with E-state index in [9.17, 15) is 24.0 Å². The van der Waals surface area contributed by atoms with E-state index in [1.54, 1.807) is 61.3 Å². The lowest BCUT2D eigenvalue weighted by molar-refractivity contribution is -0.130. The highest BCUT2D eigenvalue weighted by molar-refractivity contribution is 6.02. The highest BCUT2D eigenvalue weighted by atomic mass is 16.2. The molecule has 1 saturated heterocycles. The molecule has 35 heavy (non-hydrogen) atoms. The maximum atomic E-state index is 12.6. The third-order valence-corrected chi connectivity index (χ3v) is 5.89. The molecule has 5 amide bonds. The van der Waals surface area contributed by atoms with Crippen LogP contribution < -0.4 is 21.3 Å². The second-order valence-corrected chi connectivity index (χ2v) is 8.25. The first-order valence-corrected chi connectivity index (χ1v) is 11.3. The number of hydrogen-bond acceptors (Lipinski definition) is 5. The highest BCUT2D eigenvalue weighted by Crippen LogP contribution is 2.20. The molecule has 0 radical (unpaired) electrons. The van der Waals surface area contributed by atoms with Gasteiger partial charge in [-0.3, -0.25) is 14.4 Å². The van der Waals surface area contributed by atoms with E-state index in [1.807, 2.05) is 0 Å². The molecule has 1 atom stereocenters. The number of carbonyl (C=O) groups is 5. The van der Waals surface area contributed by atoms with E-state index in [2.05, 4.69) is 21.3 Å². The van der Waals surface area contributed by atoms with Crippen molar-refractivity contribution in [2.24, 2.45) is 5.92 Å². The molecule has 2 aromatic carbocycles. The first kappa shape index (κ1) is 25.4. The van der Waals surface area contributed by atoms with E-state index >= 15 is 0 Å². The summed E-state index contributed by atoms with van der Waals surface area (Å²) in [7, 11) is 1.55. The topological polar surface area (TPSA) is 137 Å². The Hall–Kier alpha value is -4.21. The predicted molar refractivity (Wildman–Crippen MR) is 131 cm³/mol. The zero-order valence-electron chi connectivity index (χ0n) is 19.7. The Labute approximate surface area is 203 Å². The molecular weight excluding hydrogens is 450 g/mol. The summed E-state index contributed by atoms with van der Waals surface area (Å²) in [6.45, 7) is 2.57. The van der Waals surface area contributed by atoms with Crippen LogP contribution in [0.3, 0.4) is 0 Å². The third-order valence-electron chi connectivity index (χ3n) is 5.89. The Morgan fingerprint density at radius 2 is 1.80 bits per heavy atom. The highest BCUT2D eigenvalue weighted by Gasteiger charge is 2.30. The van der Waals surface area contributed by atoms with Crippen LogP contribution in [0.2, 0.25) is 0 Å². The fourth-order valence-corrected chi connectivity index (χ4v) is 3.92. The van der Waals surface area contributed by atoms with Gasteiger partial charge in [-0.05, 0) is 48.7 Å². The Morgan fingerprint density at radius 3 is 2.49 bits per heavy atom. The lowest BCUT2D eigenvalue weighted by Crippen LogP contribution is -2.35. The van der Waals surface area contributed by atoms with Crippen LogP contribution in [0.1, 0.15) is 27.9 Å². The number of hydrogen-bond donors (Lipinski definition) is 4. The van der Waals surface area contributed by atoms with Gasteiger partial charge in [-0.2, -0.15) is 0 Å². The van der Waals surface area contributed by atoms with E-state index in [-0.39, 0.29) is 36.6 Å². The molecule has 2 aromatic rings. The minimum absolute atomic E-state index is 0.0241. The molecule has 1 aliphatic rings. The van der Waals surface area contributed by atoms with Crippen LogP contribution in [-0.4, -0.2) is 61.6 Å². The quantitative estimate of drug-likeness (QED) is 0.427. The Kier molecular flexibility index (Phi) is 8.55. The molecule has 10 nitrogen and oxygen atoms in total. The van der Waals surface area contributed by atoms with Crippen molar-refractivity contribution in [3.8, 4) is 0 Å². The molecule has 0 aliphatic carbocycles. The number of likely N-dealkylation sites (tertiary alicyclic amines) is 1. The number of benzene rings is 2. The summed E-state index contributed by atoms with van der Waals surface area (Å²) in [6, 6.07) is 11.6. The molecule has 0 spiro atoms. The van der Waals surface area contributed by atoms with Crippen LogP contribution in [0.25, 0.3) is 0 Å². The standard InChI is InChI=1S/C25H29N5O5/c1-16-20(24(34)26-2)4-3-5-21(16)29-25(35)28-19-8-6-17(7-9-19)14-22(32)30-12-10-18(15-30)23(33)27-11-13-31/h3-9,13,18H,10-12,14-15H2,1-2H3,(H,26,34)(H,27,33)(H2,28,29,35)/t18-/m0/s1. The largest absolute Gasteiger partial charge is 0.355 e. The zero-order chi connectivity index (χ0) is 25.4. The molecule has 3 rings (SSSR count). The monoisotopic (exact) mass is 479 g/mol. The molecule has 0 saturated carbocycles. The van der Waals surface area contributed by atoms with E-state index in [0.29, 0.717) is 48.3 Å². The van der Waals surface area contributed by atoms with Crippen LogP contribution in [0.4, 0.5) is 16.2 Å². The van der Waals surface area contributed by atoms with E-state index in [0.717, 1.165) is 5.56 Å². The SMILES string of the molecule is CNC(=O)c1cccc(NC(=O)Nc2ccc(CC(=O)N3CC[C@H](C(=O)NCC=O)C3)cc2)c1C. The van der Waals surface area contributed by atoms with Gasteiger partial charge in [0.25, 0.3) is 5.91 Å². The second-order valence-electron chi connectivity index (χ2n) is 8.25. The van der Waals surface area contributed by atoms with Gasteiger partial charge in [0.15, 0.2) is 0 Å². The van der Waals surface area contributed by atoms with Crippen LogP contribution in [0, 0.1) is 12.8 Å². The van der Waals surface area contributed by atoms with Crippen molar-refractivity contribution < 1.29 is 24.0 Å². The number of urea groups is 1. The fourth-order valence-electron chi connectivity index (χ4n) is 3.92. The van der Waals surface area contributed by atoms with Gasteiger partial charge in [-0.1, -0.05) is 18.2 Å². The first-order chi connectivity index (χ1) is 16.8. The Morgan fingerprint density at radius 1 is 1.06 bits per heavy atom. The number of carbonyl (C=O) groups excluding carboxylic acids is 5. The average Bonchev–Trinajstić information content (AvgIpc) is 3.35. The van der Waals surface area contributed by atoms with Crippen molar-refractivity contribution in [3.05, 3.63) is 59.2 Å². The van der Waals surface area contributed by atoms with E-state index in [4.69, 9.17) is 0 Å². The first-order valence-electron chi connectivity index (χ1n) is 11.3. The molecule has 4 N–H and O–H groups in total. The molecule has 0 bridgehead atoms. The van der Waals surface area contributed by atoms with Gasteiger partial charge in [0.2, 0.25) is 11.8 Å². The van der Waals surface area contributed by atoms with Crippen molar-refractivity contribution in [1.82, 2.24) is 15.5 Å². The summed E-state index contributed by atoms with van der Waals surface area (Å²) in [5.74, 6) is -0.829. The summed E-state index contributed by atoms with van der Waals surface area (Å²) >= 11 is 0. The van der Waals surface area contributed by atoms with Crippen LogP contribution >= 0.6 is 0 Å². The number of anilines is 2. The summed E-state index contributed by atoms with van der Waals surface area (Å²) in [6.07, 6.45) is 1.38. The number of nitrogens with zero attached hydrogens (tertiary/aromatic N) is 1. The molecule has 1 heterocycles. The lowest BCUT2D eigenvalue weighted by atomic mass is 10.1. The smallest absolute Gasteiger partial charge is 0.323 e. The predicted octanol–water partition coefficient (Wildman–Crippen LogP) is 1.70. The van der Waals surface area contributed by atoms with Crippen molar-refractivity contribution >= 4 is 41.4 Å². The van der Waals surface area contributed by atoms with Gasteiger partial charge in [-0.15, -0.1) is 0 Å². The molecule has 184 valence electrons.